The summed E-state index contributed by atoms with van der Waals surface area (Å²) >= 11 is 0. The molecule has 0 spiro atoms. The van der Waals surface area contributed by atoms with E-state index in [4.69, 9.17) is 19.4 Å². The smallest absolute Gasteiger partial charge is 0.164 e. The van der Waals surface area contributed by atoms with Crippen LogP contribution in [-0.4, -0.2) is 19.5 Å². The first-order valence-electron chi connectivity index (χ1n) is 19.5. The molecule has 0 atom stereocenters. The fourth-order valence-electron chi connectivity index (χ4n) is 8.60. The maximum absolute atomic E-state index is 6.58. The molecule has 58 heavy (non-hydrogen) atoms. The summed E-state index contributed by atoms with van der Waals surface area (Å²) in [5.74, 6) is 1.83. The van der Waals surface area contributed by atoms with Gasteiger partial charge in [0, 0.05) is 43.9 Å². The van der Waals surface area contributed by atoms with Gasteiger partial charge in [-0.3, -0.25) is 0 Å². The average molecular weight is 741 g/mol. The number of benzene rings is 9. The van der Waals surface area contributed by atoms with E-state index in [1.807, 2.05) is 42.5 Å². The Kier molecular flexibility index (Phi) is 7.16. The van der Waals surface area contributed by atoms with Crippen molar-refractivity contribution in [3.8, 4) is 51.0 Å². The molecular weight excluding hydrogens is 709 g/mol. The summed E-state index contributed by atoms with van der Waals surface area (Å²) in [4.78, 5) is 15.4. The van der Waals surface area contributed by atoms with Crippen LogP contribution in [0.15, 0.2) is 199 Å². The Morgan fingerprint density at radius 1 is 0.345 bits per heavy atom. The van der Waals surface area contributed by atoms with E-state index >= 15 is 0 Å². The number of rotatable bonds is 5. The van der Waals surface area contributed by atoms with Gasteiger partial charge >= 0.3 is 0 Å². The van der Waals surface area contributed by atoms with Crippen LogP contribution >= 0.6 is 0 Å². The summed E-state index contributed by atoms with van der Waals surface area (Å²) < 4.78 is 8.97. The molecule has 270 valence electrons. The van der Waals surface area contributed by atoms with Gasteiger partial charge in [0.25, 0.3) is 0 Å². The highest BCUT2D eigenvalue weighted by molar-refractivity contribution is 6.16. The Morgan fingerprint density at radius 2 is 0.983 bits per heavy atom. The average Bonchev–Trinajstić information content (AvgIpc) is 3.83. The molecule has 9 aromatic carbocycles. The molecule has 0 aliphatic carbocycles. The topological polar surface area (TPSA) is 56.7 Å². The molecule has 5 nitrogen and oxygen atoms in total. The standard InChI is InChI=1S/C53H32N4O/c1-3-12-33(13-4-1)39-24-26-46-43(30-39)44-29-37-18-9-10-19-38(37)31-47(44)57(46)41-25-27-48-45(32-41)50-42(20-11-21-49(50)58-48)53-55-51(35-15-5-2-6-16-35)54-52(56-53)40-23-22-34-14-7-8-17-36(34)28-40/h1-32H. The third-order valence-corrected chi connectivity index (χ3v) is 11.4. The minimum atomic E-state index is 0.590. The zero-order valence-corrected chi connectivity index (χ0v) is 31.2. The SMILES string of the molecule is c1ccc(-c2ccc3c(c2)c2cc4ccccc4cc2n3-c2ccc3oc4cccc(-c5nc(-c6ccccc6)nc(-c6ccc7ccccc7c6)n5)c4c3c2)cc1. The zero-order valence-electron chi connectivity index (χ0n) is 31.2. The van der Waals surface area contributed by atoms with E-state index < -0.39 is 0 Å². The van der Waals surface area contributed by atoms with Crippen molar-refractivity contribution in [1.82, 2.24) is 19.5 Å². The Balaban J connectivity index is 1.09. The van der Waals surface area contributed by atoms with E-state index in [-0.39, 0.29) is 0 Å². The summed E-state index contributed by atoms with van der Waals surface area (Å²) in [6, 6.07) is 68.2. The molecular formula is C53H32N4O. The summed E-state index contributed by atoms with van der Waals surface area (Å²) in [5, 5.41) is 9.10. The van der Waals surface area contributed by atoms with Crippen molar-refractivity contribution < 1.29 is 4.42 Å². The molecule has 0 saturated heterocycles. The molecule has 0 fully saturated rings. The van der Waals surface area contributed by atoms with Crippen LogP contribution in [0.3, 0.4) is 0 Å². The van der Waals surface area contributed by atoms with Gasteiger partial charge in [0.1, 0.15) is 11.2 Å². The minimum Gasteiger partial charge on any atom is -0.456 e. The molecule has 0 radical (unpaired) electrons. The minimum absolute atomic E-state index is 0.590. The maximum Gasteiger partial charge on any atom is 0.164 e. The van der Waals surface area contributed by atoms with Crippen LogP contribution in [0, 0.1) is 0 Å². The first-order valence-corrected chi connectivity index (χ1v) is 19.5. The summed E-state index contributed by atoms with van der Waals surface area (Å²) in [6.45, 7) is 0. The number of aromatic nitrogens is 4. The van der Waals surface area contributed by atoms with Crippen molar-refractivity contribution in [1.29, 1.82) is 0 Å². The lowest BCUT2D eigenvalue weighted by Gasteiger charge is -2.11. The van der Waals surface area contributed by atoms with Crippen LogP contribution in [-0.2, 0) is 0 Å². The van der Waals surface area contributed by atoms with Crippen molar-refractivity contribution in [2.24, 2.45) is 0 Å². The molecule has 0 bridgehead atoms. The molecule has 0 aliphatic rings. The lowest BCUT2D eigenvalue weighted by Crippen LogP contribution is -2.00. The van der Waals surface area contributed by atoms with Gasteiger partial charge < -0.3 is 8.98 Å². The number of nitrogens with zero attached hydrogens (tertiary/aromatic N) is 4. The van der Waals surface area contributed by atoms with Crippen molar-refractivity contribution >= 4 is 65.3 Å². The maximum atomic E-state index is 6.58. The third-order valence-electron chi connectivity index (χ3n) is 11.4. The zero-order chi connectivity index (χ0) is 38.2. The van der Waals surface area contributed by atoms with Crippen molar-refractivity contribution in [2.45, 2.75) is 0 Å². The molecule has 3 heterocycles. The van der Waals surface area contributed by atoms with E-state index in [0.717, 1.165) is 60.7 Å². The van der Waals surface area contributed by atoms with Gasteiger partial charge in [-0.1, -0.05) is 140 Å². The Morgan fingerprint density at radius 3 is 1.78 bits per heavy atom. The van der Waals surface area contributed by atoms with Gasteiger partial charge in [-0.15, -0.1) is 0 Å². The molecule has 0 aliphatic heterocycles. The van der Waals surface area contributed by atoms with Crippen LogP contribution in [0.1, 0.15) is 0 Å². The first kappa shape index (κ1) is 32.4. The second-order valence-corrected chi connectivity index (χ2v) is 14.8. The second-order valence-electron chi connectivity index (χ2n) is 14.8. The Hall–Kier alpha value is -7.89. The van der Waals surface area contributed by atoms with Crippen molar-refractivity contribution in [2.75, 3.05) is 0 Å². The molecule has 0 amide bonds. The summed E-state index contributed by atoms with van der Waals surface area (Å²) in [7, 11) is 0. The Bertz CT molecular complexity index is 3570. The summed E-state index contributed by atoms with van der Waals surface area (Å²) in [5.41, 5.74) is 10.0. The van der Waals surface area contributed by atoms with Gasteiger partial charge in [0.15, 0.2) is 17.5 Å². The molecule has 3 aromatic heterocycles. The van der Waals surface area contributed by atoms with Gasteiger partial charge in [0.2, 0.25) is 0 Å². The van der Waals surface area contributed by atoms with Gasteiger partial charge in [-0.2, -0.15) is 0 Å². The lowest BCUT2D eigenvalue weighted by atomic mass is 10.0. The number of hydrogen-bond donors (Lipinski definition) is 0. The van der Waals surface area contributed by atoms with Crippen LogP contribution < -0.4 is 0 Å². The number of hydrogen-bond acceptors (Lipinski definition) is 4. The quantitative estimate of drug-likeness (QED) is 0.176. The molecule has 0 N–H and O–H groups in total. The lowest BCUT2D eigenvalue weighted by molar-refractivity contribution is 0.669. The third kappa shape index (κ3) is 5.21. The second kappa shape index (κ2) is 12.8. The fraction of sp³-hybridized carbons (Fsp3) is 0. The summed E-state index contributed by atoms with van der Waals surface area (Å²) in [6.07, 6.45) is 0. The predicted octanol–water partition coefficient (Wildman–Crippen LogP) is 13.8. The van der Waals surface area contributed by atoms with Crippen LogP contribution in [0.2, 0.25) is 0 Å². The highest BCUT2D eigenvalue weighted by Crippen LogP contribution is 2.41. The van der Waals surface area contributed by atoms with Crippen molar-refractivity contribution in [3.05, 3.63) is 194 Å². The molecule has 0 saturated carbocycles. The first-order chi connectivity index (χ1) is 28.7. The highest BCUT2D eigenvalue weighted by atomic mass is 16.3. The highest BCUT2D eigenvalue weighted by Gasteiger charge is 2.20. The molecule has 0 unspecified atom stereocenters. The van der Waals surface area contributed by atoms with Crippen LogP contribution in [0.25, 0.3) is 116 Å². The van der Waals surface area contributed by atoms with E-state index in [1.54, 1.807) is 0 Å². The monoisotopic (exact) mass is 740 g/mol. The van der Waals surface area contributed by atoms with Crippen LogP contribution in [0.4, 0.5) is 0 Å². The van der Waals surface area contributed by atoms with Crippen LogP contribution in [0.5, 0.6) is 0 Å². The van der Waals surface area contributed by atoms with E-state index in [9.17, 15) is 0 Å². The van der Waals surface area contributed by atoms with E-state index in [2.05, 4.69) is 156 Å². The molecule has 12 aromatic rings. The molecule has 5 heteroatoms. The van der Waals surface area contributed by atoms with E-state index in [1.165, 1.54) is 38.1 Å². The largest absolute Gasteiger partial charge is 0.456 e. The molecule has 12 rings (SSSR count). The Labute approximate surface area is 333 Å². The predicted molar refractivity (Wildman–Crippen MR) is 238 cm³/mol. The van der Waals surface area contributed by atoms with Gasteiger partial charge in [0.05, 0.1) is 11.0 Å². The normalized spacial score (nSPS) is 11.8. The van der Waals surface area contributed by atoms with E-state index in [0.29, 0.717) is 17.5 Å². The van der Waals surface area contributed by atoms with Crippen molar-refractivity contribution in [3.63, 3.8) is 0 Å². The van der Waals surface area contributed by atoms with Gasteiger partial charge in [-0.05, 0) is 87.3 Å². The van der Waals surface area contributed by atoms with Gasteiger partial charge in [-0.25, -0.2) is 15.0 Å². The number of fused-ring (bicyclic) bond motifs is 8. The fourth-order valence-corrected chi connectivity index (χ4v) is 8.60. The number of furan rings is 1.